The molecular weight excluding hydrogens is 891 g/mol. The van der Waals surface area contributed by atoms with Crippen molar-refractivity contribution in [2.75, 3.05) is 12.3 Å². The predicted molar refractivity (Wildman–Crippen MR) is 210 cm³/mol. The van der Waals surface area contributed by atoms with E-state index in [0.717, 1.165) is 0 Å². The fraction of sp³-hybridized carbons (Fsp3) is 0.463. The molecule has 8 bridgehead atoms. The van der Waals surface area contributed by atoms with Crippen LogP contribution in [0.4, 0.5) is 0 Å². The molecule has 3 aromatic heterocycles. The van der Waals surface area contributed by atoms with Crippen LogP contribution in [0, 0.1) is 13.8 Å². The van der Waals surface area contributed by atoms with E-state index in [1.807, 2.05) is 26.8 Å². The van der Waals surface area contributed by atoms with Crippen LogP contribution in [0.5, 0.6) is 0 Å². The van der Waals surface area contributed by atoms with Gasteiger partial charge in [0.2, 0.25) is 5.91 Å². The van der Waals surface area contributed by atoms with Crippen LogP contribution in [0.3, 0.4) is 0 Å². The first-order chi connectivity index (χ1) is 27.8. The average molecular weight is 936 g/mol. The van der Waals surface area contributed by atoms with Gasteiger partial charge in [-0.3, -0.25) is 33.9 Å². The van der Waals surface area contributed by atoms with E-state index in [4.69, 9.17) is 29.5 Å². The predicted octanol–water partition coefficient (Wildman–Crippen LogP) is 4.30. The van der Waals surface area contributed by atoms with Crippen LogP contribution in [0.2, 0.25) is 0 Å². The number of nitrogens with zero attached hydrogens (tertiary/aromatic N) is 5. The minimum Gasteiger partial charge on any atom is -0.748 e. The van der Waals surface area contributed by atoms with E-state index in [9.17, 15) is 41.7 Å². The van der Waals surface area contributed by atoms with Crippen molar-refractivity contribution in [1.29, 1.82) is 0 Å². The molecule has 1 saturated heterocycles. The molecule has 322 valence electrons. The molecule has 1 fully saturated rings. The van der Waals surface area contributed by atoms with Crippen LogP contribution >= 0.6 is 0 Å². The number of aromatic nitrogens is 4. The normalized spacial score (nSPS) is 18.9. The van der Waals surface area contributed by atoms with E-state index in [1.54, 1.807) is 26.0 Å². The summed E-state index contributed by atoms with van der Waals surface area (Å²) in [6.45, 7) is 11.1. The molecule has 0 aliphatic carbocycles. The summed E-state index contributed by atoms with van der Waals surface area (Å²) >= 11 is 0. The van der Waals surface area contributed by atoms with Crippen LogP contribution in [-0.2, 0) is 65.9 Å². The molecule has 3 aromatic rings. The minimum atomic E-state index is -4.67. The number of hydrogen-bond donors (Lipinski definition) is 1. The van der Waals surface area contributed by atoms with Crippen molar-refractivity contribution in [3.63, 3.8) is 0 Å². The SMILES string of the molecule is CC[C@H]1c2cc3[n-]c(c(COC(C)=O)c4nc(cc5[n-]c(cc(n2)C1C)c(C(C)=O)c5C)C(C)[C@@H]4CCC(=O)ON1C(=O)CCC1=O)c(C(=O)NCCS(=O)(=O)[O-])c3C.[Pd+2]. The first-order valence-corrected chi connectivity index (χ1v) is 21.0. The standard InChI is InChI=1S/C41H48N6O11S.Pd/c1-8-25-19(2)28-17-33-37(23(6)48)21(4)30(44-33)15-29-20(3)26(9-12-36(52)58-47-34(50)10-11-35(47)51)39(45-29)27(18-57-24(7)49)40-38(41(53)42-13-14-59(54,55)56)22(5)31(46-40)16-32(25)43-28;/h15-17,19-20,25-26H,8-14,18H2,1-7H3,(H4,42,43,44,45,46,48,53,54,55,56);/q;+2/p-3/t19?,20?,25-,26+;/m1./s1. The molecule has 6 heterocycles. The van der Waals surface area contributed by atoms with E-state index in [1.165, 1.54) is 13.8 Å². The van der Waals surface area contributed by atoms with Crippen LogP contribution < -0.4 is 15.3 Å². The van der Waals surface area contributed by atoms with Crippen LogP contribution in [0.15, 0.2) is 18.2 Å². The number of rotatable bonds is 12. The van der Waals surface area contributed by atoms with Crippen molar-refractivity contribution in [2.24, 2.45) is 0 Å². The molecule has 0 saturated carbocycles. The van der Waals surface area contributed by atoms with Crippen molar-refractivity contribution in [1.82, 2.24) is 30.3 Å². The van der Waals surface area contributed by atoms with Gasteiger partial charge >= 0.3 is 32.4 Å². The number of esters is 1. The number of carbonyl (C=O) groups is 6. The quantitative estimate of drug-likeness (QED) is 0.0875. The second kappa shape index (κ2) is 18.3. The number of amides is 3. The summed E-state index contributed by atoms with van der Waals surface area (Å²) in [7, 11) is -4.67. The van der Waals surface area contributed by atoms with Crippen LogP contribution in [0.25, 0.3) is 22.1 Å². The van der Waals surface area contributed by atoms with Gasteiger partial charge in [-0.2, -0.15) is 0 Å². The fourth-order valence-electron chi connectivity index (χ4n) is 8.07. The van der Waals surface area contributed by atoms with Crippen molar-refractivity contribution in [2.45, 2.75) is 111 Å². The van der Waals surface area contributed by atoms with Gasteiger partial charge in [0.25, 0.3) is 11.8 Å². The molecule has 2 unspecified atom stereocenters. The second-order valence-corrected chi connectivity index (χ2v) is 16.7. The molecule has 3 amide bonds. The molecule has 6 rings (SSSR count). The number of Topliss-reactive ketones (excluding diaryl/α,β-unsaturated/α-hetero) is 1. The number of ether oxygens (including phenoxy) is 1. The number of carbonyl (C=O) groups excluding carboxylic acids is 6. The minimum absolute atomic E-state index is 0. The Morgan fingerprint density at radius 2 is 1.47 bits per heavy atom. The van der Waals surface area contributed by atoms with Crippen LogP contribution in [-0.4, -0.2) is 75.7 Å². The zero-order valence-corrected chi connectivity index (χ0v) is 36.5. The number of aryl methyl sites for hydroxylation is 2. The van der Waals surface area contributed by atoms with Gasteiger partial charge in [0, 0.05) is 90.3 Å². The summed E-state index contributed by atoms with van der Waals surface area (Å²) in [5, 5.41) is 2.98. The van der Waals surface area contributed by atoms with Crippen LogP contribution in [0.1, 0.15) is 151 Å². The molecular formula is C41H45N6O11PdS-. The monoisotopic (exact) mass is 935 g/mol. The Bertz CT molecular complexity index is 2550. The zero-order chi connectivity index (χ0) is 43.1. The van der Waals surface area contributed by atoms with Gasteiger partial charge in [-0.1, -0.05) is 50.1 Å². The van der Waals surface area contributed by atoms with E-state index in [2.05, 4.69) is 5.32 Å². The molecule has 3 aliphatic heterocycles. The van der Waals surface area contributed by atoms with E-state index < -0.39 is 70.5 Å². The van der Waals surface area contributed by atoms with Crippen molar-refractivity contribution in [3.05, 3.63) is 68.8 Å². The maximum atomic E-state index is 14.1. The zero-order valence-electron chi connectivity index (χ0n) is 34.1. The second-order valence-electron chi connectivity index (χ2n) is 15.2. The van der Waals surface area contributed by atoms with Crippen molar-refractivity contribution >= 4 is 67.6 Å². The topological polar surface area (TPSA) is 247 Å². The summed E-state index contributed by atoms with van der Waals surface area (Å²) in [4.78, 5) is 102. The van der Waals surface area contributed by atoms with Gasteiger partial charge < -0.3 is 29.4 Å². The Balaban J connectivity index is 0.00000683. The first-order valence-electron chi connectivity index (χ1n) is 19.4. The first kappa shape index (κ1) is 46.0. The van der Waals surface area contributed by atoms with E-state index in [-0.39, 0.29) is 80.4 Å². The Kier molecular flexibility index (Phi) is 14.0. The third-order valence-electron chi connectivity index (χ3n) is 11.2. The number of fused-ring (bicyclic) bond motifs is 8. The number of nitrogens with one attached hydrogen (secondary N) is 1. The van der Waals surface area contributed by atoms with Gasteiger partial charge in [0.15, 0.2) is 5.78 Å². The Morgan fingerprint density at radius 3 is 2.08 bits per heavy atom. The summed E-state index contributed by atoms with van der Waals surface area (Å²) in [5.74, 6) is -5.85. The molecule has 0 radical (unpaired) electrons. The maximum Gasteiger partial charge on any atom is 2.00 e. The summed E-state index contributed by atoms with van der Waals surface area (Å²) in [6.07, 6.45) is 0.297. The largest absolute Gasteiger partial charge is 2.00 e. The third kappa shape index (κ3) is 9.44. The van der Waals surface area contributed by atoms with Crippen molar-refractivity contribution in [3.8, 4) is 0 Å². The van der Waals surface area contributed by atoms with Gasteiger partial charge in [0.05, 0.1) is 15.9 Å². The summed E-state index contributed by atoms with van der Waals surface area (Å²) < 4.78 is 39.9. The molecule has 17 nitrogen and oxygen atoms in total. The number of hydrogen-bond acceptors (Lipinski definition) is 13. The Hall–Kier alpha value is -5.09. The number of ketones is 1. The molecule has 60 heavy (non-hydrogen) atoms. The number of imide groups is 1. The summed E-state index contributed by atoms with van der Waals surface area (Å²) in [6, 6.07) is 5.32. The molecule has 4 atom stereocenters. The maximum absolute atomic E-state index is 14.1. The summed E-state index contributed by atoms with van der Waals surface area (Å²) in [5.41, 5.74) is 5.11. The number of hydroxylamine groups is 2. The average Bonchev–Trinajstić information content (AvgIpc) is 3.91. The fourth-order valence-corrected chi connectivity index (χ4v) is 8.42. The molecule has 19 heteroatoms. The molecule has 1 N–H and O–H groups in total. The Labute approximate surface area is 360 Å². The molecule has 3 aliphatic rings. The van der Waals surface area contributed by atoms with Crippen molar-refractivity contribution < 1.29 is 71.7 Å². The van der Waals surface area contributed by atoms with E-state index >= 15 is 0 Å². The van der Waals surface area contributed by atoms with E-state index in [0.29, 0.717) is 67.5 Å². The Morgan fingerprint density at radius 1 is 0.883 bits per heavy atom. The van der Waals surface area contributed by atoms with Gasteiger partial charge in [-0.15, -0.1) is 27.1 Å². The molecule has 0 spiro atoms. The van der Waals surface area contributed by atoms with Gasteiger partial charge in [-0.05, 0) is 39.2 Å². The van der Waals surface area contributed by atoms with Gasteiger partial charge in [-0.25, -0.2) is 13.2 Å². The third-order valence-corrected chi connectivity index (χ3v) is 12.0. The smallest absolute Gasteiger partial charge is 0.748 e. The molecule has 0 aromatic carbocycles. The van der Waals surface area contributed by atoms with Gasteiger partial charge in [0.1, 0.15) is 6.61 Å².